The van der Waals surface area contributed by atoms with Crippen molar-refractivity contribution in [2.24, 2.45) is 0 Å². The maximum Gasteiger partial charge on any atom is 0.352 e. The average molecular weight is 393 g/mol. The Balaban J connectivity index is 1.76. The number of carbonyl (C=O) groups excluding carboxylic acids is 1. The molecule has 7 heteroatoms. The predicted octanol–water partition coefficient (Wildman–Crippen LogP) is 4.78. The predicted molar refractivity (Wildman–Crippen MR) is 99.4 cm³/mol. The van der Waals surface area contributed by atoms with E-state index in [0.29, 0.717) is 21.4 Å². The topological polar surface area (TPSA) is 65.7 Å². The molecule has 0 aliphatic heterocycles. The highest BCUT2D eigenvalue weighted by atomic mass is 35.5. The zero-order chi connectivity index (χ0) is 18.8. The van der Waals surface area contributed by atoms with Gasteiger partial charge in [-0.1, -0.05) is 23.2 Å². The van der Waals surface area contributed by atoms with Crippen molar-refractivity contribution in [3.05, 3.63) is 68.5 Å². The summed E-state index contributed by atoms with van der Waals surface area (Å²) in [6.45, 7) is 3.34. The SMILES string of the molecule is Cc1cc(=O)oc2cc(OC(=O)[C@@H](C)Oc3ccc(Cl)cc3Cl)ccc12. The van der Waals surface area contributed by atoms with E-state index in [1.54, 1.807) is 38.1 Å². The fourth-order valence-corrected chi connectivity index (χ4v) is 2.83. The van der Waals surface area contributed by atoms with Crippen molar-refractivity contribution in [2.75, 3.05) is 0 Å². The third-order valence-electron chi connectivity index (χ3n) is 3.67. The molecule has 1 heterocycles. The summed E-state index contributed by atoms with van der Waals surface area (Å²) in [6, 6.07) is 10.9. The number of esters is 1. The quantitative estimate of drug-likeness (QED) is 0.363. The zero-order valence-corrected chi connectivity index (χ0v) is 15.4. The number of benzene rings is 2. The van der Waals surface area contributed by atoms with Crippen LogP contribution >= 0.6 is 23.2 Å². The Bertz CT molecular complexity index is 1040. The van der Waals surface area contributed by atoms with Gasteiger partial charge in [-0.2, -0.15) is 0 Å². The van der Waals surface area contributed by atoms with Crippen molar-refractivity contribution in [3.63, 3.8) is 0 Å². The Morgan fingerprint density at radius 2 is 1.88 bits per heavy atom. The lowest BCUT2D eigenvalue weighted by Gasteiger charge is -2.15. The molecule has 0 amide bonds. The van der Waals surface area contributed by atoms with E-state index in [0.717, 1.165) is 10.9 Å². The van der Waals surface area contributed by atoms with E-state index in [4.69, 9.17) is 37.1 Å². The molecular weight excluding hydrogens is 379 g/mol. The number of hydrogen-bond donors (Lipinski definition) is 0. The molecule has 0 unspecified atom stereocenters. The molecule has 0 bridgehead atoms. The molecule has 5 nitrogen and oxygen atoms in total. The summed E-state index contributed by atoms with van der Waals surface area (Å²) in [7, 11) is 0. The van der Waals surface area contributed by atoms with E-state index >= 15 is 0 Å². The minimum absolute atomic E-state index is 0.244. The van der Waals surface area contributed by atoms with Crippen LogP contribution in [0.5, 0.6) is 11.5 Å². The van der Waals surface area contributed by atoms with Gasteiger partial charge in [-0.25, -0.2) is 9.59 Å². The summed E-state index contributed by atoms with van der Waals surface area (Å²) in [4.78, 5) is 23.7. The van der Waals surface area contributed by atoms with Gasteiger partial charge in [-0.3, -0.25) is 0 Å². The Morgan fingerprint density at radius 1 is 1.12 bits per heavy atom. The van der Waals surface area contributed by atoms with Crippen LogP contribution in [0.1, 0.15) is 12.5 Å². The number of hydrogen-bond acceptors (Lipinski definition) is 5. The maximum atomic E-state index is 12.3. The van der Waals surface area contributed by atoms with Crippen molar-refractivity contribution in [1.29, 1.82) is 0 Å². The number of fused-ring (bicyclic) bond motifs is 1. The Morgan fingerprint density at radius 3 is 2.62 bits per heavy atom. The average Bonchev–Trinajstić information content (AvgIpc) is 2.56. The molecule has 1 atom stereocenters. The first-order chi connectivity index (χ1) is 12.3. The van der Waals surface area contributed by atoms with E-state index in [1.165, 1.54) is 18.2 Å². The van der Waals surface area contributed by atoms with Crippen LogP contribution < -0.4 is 15.1 Å². The van der Waals surface area contributed by atoms with E-state index in [2.05, 4.69) is 0 Å². The highest BCUT2D eigenvalue weighted by Gasteiger charge is 2.19. The van der Waals surface area contributed by atoms with E-state index < -0.39 is 17.7 Å². The minimum atomic E-state index is -0.908. The summed E-state index contributed by atoms with van der Waals surface area (Å²) in [5.74, 6) is -0.0556. The van der Waals surface area contributed by atoms with Crippen LogP contribution in [0.3, 0.4) is 0 Å². The summed E-state index contributed by atoms with van der Waals surface area (Å²) in [5.41, 5.74) is 0.658. The van der Waals surface area contributed by atoms with Gasteiger partial charge in [0.2, 0.25) is 0 Å². The number of ether oxygens (including phenoxy) is 2. The Kier molecular flexibility index (Phi) is 5.20. The first kappa shape index (κ1) is 18.3. The molecule has 0 aliphatic rings. The normalized spacial score (nSPS) is 12.0. The molecule has 0 fully saturated rings. The van der Waals surface area contributed by atoms with Gasteiger partial charge in [0.15, 0.2) is 6.10 Å². The number of rotatable bonds is 4. The van der Waals surface area contributed by atoms with Gasteiger partial charge in [-0.15, -0.1) is 0 Å². The molecule has 26 heavy (non-hydrogen) atoms. The number of carbonyl (C=O) groups is 1. The van der Waals surface area contributed by atoms with Crippen LogP contribution in [0.2, 0.25) is 10.0 Å². The van der Waals surface area contributed by atoms with Crippen LogP contribution in [-0.4, -0.2) is 12.1 Å². The van der Waals surface area contributed by atoms with Gasteiger partial charge in [0.25, 0.3) is 0 Å². The standard InChI is InChI=1S/C19H14Cl2O5/c1-10-7-18(22)26-17-9-13(4-5-14(10)17)25-19(23)11(2)24-16-6-3-12(20)8-15(16)21/h3-9,11H,1-2H3/t11-/m1/s1. The molecule has 3 aromatic rings. The van der Waals surface area contributed by atoms with Crippen LogP contribution in [0.15, 0.2) is 51.7 Å². The molecule has 0 saturated carbocycles. The highest BCUT2D eigenvalue weighted by molar-refractivity contribution is 6.35. The molecule has 0 N–H and O–H groups in total. The molecule has 0 radical (unpaired) electrons. The minimum Gasteiger partial charge on any atom is -0.477 e. The fraction of sp³-hybridized carbons (Fsp3) is 0.158. The van der Waals surface area contributed by atoms with Gasteiger partial charge in [0.1, 0.15) is 17.1 Å². The van der Waals surface area contributed by atoms with E-state index in [-0.39, 0.29) is 5.75 Å². The van der Waals surface area contributed by atoms with Crippen LogP contribution in [0.25, 0.3) is 11.0 Å². The number of aryl methyl sites for hydroxylation is 1. The first-order valence-electron chi connectivity index (χ1n) is 7.71. The van der Waals surface area contributed by atoms with Gasteiger partial charge < -0.3 is 13.9 Å². The monoisotopic (exact) mass is 392 g/mol. The largest absolute Gasteiger partial charge is 0.477 e. The molecule has 2 aromatic carbocycles. The van der Waals surface area contributed by atoms with Crippen LogP contribution in [0.4, 0.5) is 0 Å². The zero-order valence-electron chi connectivity index (χ0n) is 13.9. The summed E-state index contributed by atoms with van der Waals surface area (Å²) in [5, 5.41) is 1.52. The summed E-state index contributed by atoms with van der Waals surface area (Å²) < 4.78 is 16.0. The lowest BCUT2D eigenvalue weighted by molar-refractivity contribution is -0.141. The first-order valence-corrected chi connectivity index (χ1v) is 8.47. The fourth-order valence-electron chi connectivity index (χ4n) is 2.38. The lowest BCUT2D eigenvalue weighted by Crippen LogP contribution is -2.28. The molecule has 134 valence electrons. The van der Waals surface area contributed by atoms with Crippen LogP contribution in [-0.2, 0) is 4.79 Å². The lowest BCUT2D eigenvalue weighted by atomic mass is 10.1. The van der Waals surface area contributed by atoms with Gasteiger partial charge in [-0.05, 0) is 49.7 Å². The van der Waals surface area contributed by atoms with Crippen LogP contribution in [0, 0.1) is 6.92 Å². The second-order valence-corrected chi connectivity index (χ2v) is 6.51. The van der Waals surface area contributed by atoms with Crippen molar-refractivity contribution >= 4 is 40.1 Å². The van der Waals surface area contributed by atoms with Crippen molar-refractivity contribution in [3.8, 4) is 11.5 Å². The summed E-state index contributed by atoms with van der Waals surface area (Å²) >= 11 is 11.9. The summed E-state index contributed by atoms with van der Waals surface area (Å²) in [6.07, 6.45) is -0.908. The second-order valence-electron chi connectivity index (χ2n) is 5.66. The van der Waals surface area contributed by atoms with Gasteiger partial charge in [0.05, 0.1) is 5.02 Å². The molecule has 0 saturated heterocycles. The second kappa shape index (κ2) is 7.40. The third kappa shape index (κ3) is 4.00. The van der Waals surface area contributed by atoms with Gasteiger partial charge >= 0.3 is 11.6 Å². The highest BCUT2D eigenvalue weighted by Crippen LogP contribution is 2.29. The smallest absolute Gasteiger partial charge is 0.352 e. The number of halogens is 2. The van der Waals surface area contributed by atoms with E-state index in [1.807, 2.05) is 0 Å². The molecule has 0 aliphatic carbocycles. The molecule has 0 spiro atoms. The maximum absolute atomic E-state index is 12.3. The van der Waals surface area contributed by atoms with Crippen molar-refractivity contribution in [1.82, 2.24) is 0 Å². The van der Waals surface area contributed by atoms with Crippen molar-refractivity contribution in [2.45, 2.75) is 20.0 Å². The van der Waals surface area contributed by atoms with E-state index in [9.17, 15) is 9.59 Å². The molecular formula is C19H14Cl2O5. The van der Waals surface area contributed by atoms with Gasteiger partial charge in [0, 0.05) is 22.5 Å². The molecule has 3 rings (SSSR count). The third-order valence-corrected chi connectivity index (χ3v) is 4.20. The molecule has 1 aromatic heterocycles. The Hall–Kier alpha value is -2.50. The Labute approximate surface area is 159 Å². The van der Waals surface area contributed by atoms with Crippen molar-refractivity contribution < 1.29 is 18.7 Å².